The van der Waals surface area contributed by atoms with Crippen LogP contribution in [0.2, 0.25) is 0 Å². The first kappa shape index (κ1) is 14.2. The van der Waals surface area contributed by atoms with E-state index in [1.54, 1.807) is 7.11 Å². The first-order chi connectivity index (χ1) is 8.30. The maximum Gasteiger partial charge on any atom is 0.0522 e. The van der Waals surface area contributed by atoms with Crippen LogP contribution in [0.3, 0.4) is 0 Å². The Morgan fingerprint density at radius 3 is 2.88 bits per heavy atom. The van der Waals surface area contributed by atoms with Gasteiger partial charge in [0.1, 0.15) is 0 Å². The highest BCUT2D eigenvalue weighted by atomic mass is 16.5. The maximum atomic E-state index is 5.10. The Kier molecular flexibility index (Phi) is 6.89. The smallest absolute Gasteiger partial charge is 0.0522 e. The van der Waals surface area contributed by atoms with Gasteiger partial charge in [-0.1, -0.05) is 6.92 Å². The van der Waals surface area contributed by atoms with Gasteiger partial charge in [-0.2, -0.15) is 5.10 Å². The average Bonchev–Trinajstić information content (AvgIpc) is 2.77. The summed E-state index contributed by atoms with van der Waals surface area (Å²) in [6.45, 7) is 7.06. The molecule has 0 saturated carbocycles. The molecule has 0 aliphatic carbocycles. The van der Waals surface area contributed by atoms with Crippen molar-refractivity contribution < 1.29 is 4.74 Å². The molecule has 0 bridgehead atoms. The minimum Gasteiger partial charge on any atom is -0.385 e. The molecule has 4 heteroatoms. The number of hydrogen-bond acceptors (Lipinski definition) is 3. The summed E-state index contributed by atoms with van der Waals surface area (Å²) in [7, 11) is 1.76. The maximum absolute atomic E-state index is 5.10. The van der Waals surface area contributed by atoms with Crippen LogP contribution in [0.25, 0.3) is 0 Å². The standard InChI is InChI=1S/C13H25N3O/c1-4-14-13(7-6-8-17-3)9-12-10-15-16(5-2)11-12/h10-11,13-14H,4-9H2,1-3H3. The predicted molar refractivity (Wildman–Crippen MR) is 70.2 cm³/mol. The molecule has 1 unspecified atom stereocenters. The number of rotatable bonds is 9. The van der Waals surface area contributed by atoms with Crippen molar-refractivity contribution >= 4 is 0 Å². The van der Waals surface area contributed by atoms with Crippen molar-refractivity contribution in [1.82, 2.24) is 15.1 Å². The van der Waals surface area contributed by atoms with E-state index in [0.29, 0.717) is 6.04 Å². The van der Waals surface area contributed by atoms with Gasteiger partial charge in [0.2, 0.25) is 0 Å². The number of aryl methyl sites for hydroxylation is 1. The van der Waals surface area contributed by atoms with Crippen LogP contribution in [0.4, 0.5) is 0 Å². The zero-order valence-electron chi connectivity index (χ0n) is 11.3. The molecule has 98 valence electrons. The third-order valence-corrected chi connectivity index (χ3v) is 2.89. The summed E-state index contributed by atoms with van der Waals surface area (Å²) in [5.41, 5.74) is 1.32. The van der Waals surface area contributed by atoms with Gasteiger partial charge in [0.15, 0.2) is 0 Å². The lowest BCUT2D eigenvalue weighted by Gasteiger charge is -2.16. The van der Waals surface area contributed by atoms with Gasteiger partial charge >= 0.3 is 0 Å². The minimum absolute atomic E-state index is 0.532. The van der Waals surface area contributed by atoms with E-state index in [2.05, 4.69) is 30.5 Å². The van der Waals surface area contributed by atoms with Gasteiger partial charge in [0.25, 0.3) is 0 Å². The first-order valence-electron chi connectivity index (χ1n) is 6.53. The van der Waals surface area contributed by atoms with E-state index >= 15 is 0 Å². The van der Waals surface area contributed by atoms with E-state index in [4.69, 9.17) is 4.74 Å². The fourth-order valence-corrected chi connectivity index (χ4v) is 2.01. The summed E-state index contributed by atoms with van der Waals surface area (Å²) in [6.07, 6.45) is 7.43. The molecule has 1 aromatic rings. The topological polar surface area (TPSA) is 39.1 Å². The van der Waals surface area contributed by atoms with Crippen molar-refractivity contribution in [2.45, 2.75) is 45.7 Å². The molecule has 0 amide bonds. The number of hydrogen-bond donors (Lipinski definition) is 1. The molecule has 0 aromatic carbocycles. The normalized spacial score (nSPS) is 12.9. The second-order valence-electron chi connectivity index (χ2n) is 4.30. The molecule has 0 spiro atoms. The molecule has 4 nitrogen and oxygen atoms in total. The van der Waals surface area contributed by atoms with Gasteiger partial charge in [-0.25, -0.2) is 0 Å². The molecule has 0 aliphatic heterocycles. The molecule has 1 atom stereocenters. The molecular weight excluding hydrogens is 214 g/mol. The van der Waals surface area contributed by atoms with Crippen LogP contribution >= 0.6 is 0 Å². The van der Waals surface area contributed by atoms with E-state index < -0.39 is 0 Å². The van der Waals surface area contributed by atoms with Crippen molar-refractivity contribution in [2.75, 3.05) is 20.3 Å². The lowest BCUT2D eigenvalue weighted by molar-refractivity contribution is 0.188. The number of nitrogens with one attached hydrogen (secondary N) is 1. The Balaban J connectivity index is 2.41. The van der Waals surface area contributed by atoms with Gasteiger partial charge < -0.3 is 10.1 Å². The number of methoxy groups -OCH3 is 1. The van der Waals surface area contributed by atoms with Gasteiger partial charge in [-0.3, -0.25) is 4.68 Å². The summed E-state index contributed by atoms with van der Waals surface area (Å²) in [4.78, 5) is 0. The molecule has 0 saturated heterocycles. The SMILES string of the molecule is CCNC(CCCOC)Cc1cnn(CC)c1. The zero-order chi connectivity index (χ0) is 12.5. The molecular formula is C13H25N3O. The van der Waals surface area contributed by atoms with Crippen LogP contribution in [-0.2, 0) is 17.7 Å². The molecule has 0 radical (unpaired) electrons. The molecule has 1 heterocycles. The summed E-state index contributed by atoms with van der Waals surface area (Å²) in [5, 5.41) is 7.83. The number of ether oxygens (including phenoxy) is 1. The quantitative estimate of drug-likeness (QED) is 0.668. The van der Waals surface area contributed by atoms with E-state index in [9.17, 15) is 0 Å². The van der Waals surface area contributed by atoms with Crippen LogP contribution < -0.4 is 5.32 Å². The van der Waals surface area contributed by atoms with Crippen LogP contribution in [0.15, 0.2) is 12.4 Å². The van der Waals surface area contributed by atoms with Crippen LogP contribution in [0.1, 0.15) is 32.3 Å². The lowest BCUT2D eigenvalue weighted by Crippen LogP contribution is -2.31. The molecule has 17 heavy (non-hydrogen) atoms. The third-order valence-electron chi connectivity index (χ3n) is 2.89. The van der Waals surface area contributed by atoms with Gasteiger partial charge in [0, 0.05) is 32.5 Å². The second-order valence-corrected chi connectivity index (χ2v) is 4.30. The number of likely N-dealkylation sites (N-methyl/N-ethyl adjacent to an activating group) is 1. The summed E-state index contributed by atoms with van der Waals surface area (Å²) in [6, 6.07) is 0.532. The van der Waals surface area contributed by atoms with Crippen molar-refractivity contribution in [3.8, 4) is 0 Å². The summed E-state index contributed by atoms with van der Waals surface area (Å²) >= 11 is 0. The largest absolute Gasteiger partial charge is 0.385 e. The van der Waals surface area contributed by atoms with Crippen molar-refractivity contribution in [1.29, 1.82) is 0 Å². The van der Waals surface area contributed by atoms with E-state index in [1.165, 1.54) is 5.56 Å². The Bertz CT molecular complexity index is 299. The van der Waals surface area contributed by atoms with E-state index in [1.807, 2.05) is 10.9 Å². The molecule has 0 fully saturated rings. The van der Waals surface area contributed by atoms with Crippen LogP contribution in [0.5, 0.6) is 0 Å². The summed E-state index contributed by atoms with van der Waals surface area (Å²) < 4.78 is 7.08. The Hall–Kier alpha value is -0.870. The van der Waals surface area contributed by atoms with Gasteiger partial charge in [0.05, 0.1) is 6.20 Å². The van der Waals surface area contributed by atoms with Crippen molar-refractivity contribution in [3.05, 3.63) is 18.0 Å². The predicted octanol–water partition coefficient (Wildman–Crippen LogP) is 1.85. The highest BCUT2D eigenvalue weighted by Crippen LogP contribution is 2.07. The minimum atomic E-state index is 0.532. The van der Waals surface area contributed by atoms with Crippen LogP contribution in [-0.4, -0.2) is 36.1 Å². The van der Waals surface area contributed by atoms with E-state index in [-0.39, 0.29) is 0 Å². The molecule has 1 rings (SSSR count). The second kappa shape index (κ2) is 8.25. The first-order valence-corrected chi connectivity index (χ1v) is 6.53. The van der Waals surface area contributed by atoms with Gasteiger partial charge in [-0.05, 0) is 38.3 Å². The zero-order valence-corrected chi connectivity index (χ0v) is 11.3. The fraction of sp³-hybridized carbons (Fsp3) is 0.769. The number of nitrogens with zero attached hydrogens (tertiary/aromatic N) is 2. The van der Waals surface area contributed by atoms with E-state index in [0.717, 1.165) is 39.0 Å². The third kappa shape index (κ3) is 5.33. The fourth-order valence-electron chi connectivity index (χ4n) is 2.01. The average molecular weight is 239 g/mol. The van der Waals surface area contributed by atoms with Crippen LogP contribution in [0, 0.1) is 0 Å². The summed E-state index contributed by atoms with van der Waals surface area (Å²) in [5.74, 6) is 0. The van der Waals surface area contributed by atoms with Crippen molar-refractivity contribution in [3.63, 3.8) is 0 Å². The Morgan fingerprint density at radius 1 is 1.47 bits per heavy atom. The molecule has 1 N–H and O–H groups in total. The molecule has 1 aromatic heterocycles. The lowest BCUT2D eigenvalue weighted by atomic mass is 10.0. The van der Waals surface area contributed by atoms with Gasteiger partial charge in [-0.15, -0.1) is 0 Å². The highest BCUT2D eigenvalue weighted by Gasteiger charge is 2.09. The monoisotopic (exact) mass is 239 g/mol. The highest BCUT2D eigenvalue weighted by molar-refractivity contribution is 5.06. The Morgan fingerprint density at radius 2 is 2.29 bits per heavy atom. The molecule has 0 aliphatic rings. The Labute approximate surface area is 104 Å². The van der Waals surface area contributed by atoms with Crippen molar-refractivity contribution in [2.24, 2.45) is 0 Å². The number of aromatic nitrogens is 2.